The molecule has 18 heavy (non-hydrogen) atoms. The van der Waals surface area contributed by atoms with Gasteiger partial charge < -0.3 is 5.32 Å². The zero-order valence-electron chi connectivity index (χ0n) is 9.55. The third-order valence-electron chi connectivity index (χ3n) is 3.20. The number of benzene rings is 1. The fourth-order valence-electron chi connectivity index (χ4n) is 1.90. The van der Waals surface area contributed by atoms with Crippen molar-refractivity contribution in [2.45, 2.75) is 19.3 Å². The molecule has 6 nitrogen and oxygen atoms in total. The van der Waals surface area contributed by atoms with Gasteiger partial charge in [0.05, 0.1) is 11.0 Å². The number of carbonyl (C=O) groups excluding carboxylic acids is 1. The summed E-state index contributed by atoms with van der Waals surface area (Å²) in [5.41, 5.74) is -1.05. The molecule has 1 aliphatic rings. The molecule has 6 heteroatoms. The Kier molecular flexibility index (Phi) is 2.98. The maximum atomic E-state index is 12.0. The number of nitro groups is 1. The second-order valence-electron chi connectivity index (χ2n) is 4.28. The van der Waals surface area contributed by atoms with Gasteiger partial charge in [0.25, 0.3) is 5.69 Å². The number of nitrogens with one attached hydrogen (secondary N) is 1. The lowest BCUT2D eigenvalue weighted by Gasteiger charge is -2.33. The first-order valence-electron chi connectivity index (χ1n) is 5.55. The zero-order chi connectivity index (χ0) is 13.2. The smallest absolute Gasteiger partial charge is 0.292 e. The molecule has 1 amide bonds. The Morgan fingerprint density at radius 3 is 2.61 bits per heavy atom. The molecule has 0 saturated heterocycles. The van der Waals surface area contributed by atoms with Crippen LogP contribution in [0.5, 0.6) is 0 Å². The monoisotopic (exact) mass is 245 g/mol. The number of rotatable bonds is 3. The number of hydrogen-bond acceptors (Lipinski definition) is 4. The highest BCUT2D eigenvalue weighted by molar-refractivity contribution is 5.99. The van der Waals surface area contributed by atoms with Crippen molar-refractivity contribution >= 4 is 17.3 Å². The van der Waals surface area contributed by atoms with E-state index in [-0.39, 0.29) is 11.4 Å². The quantitative estimate of drug-likeness (QED) is 0.652. The molecule has 0 heterocycles. The van der Waals surface area contributed by atoms with Crippen molar-refractivity contribution in [1.29, 1.82) is 5.26 Å². The maximum Gasteiger partial charge on any atom is 0.292 e. The summed E-state index contributed by atoms with van der Waals surface area (Å²) in [6.07, 6.45) is 1.85. The third-order valence-corrected chi connectivity index (χ3v) is 3.20. The van der Waals surface area contributed by atoms with Gasteiger partial charge in [0.2, 0.25) is 5.91 Å². The number of nitro benzene ring substituents is 1. The minimum atomic E-state index is -1.01. The lowest BCUT2D eigenvalue weighted by atomic mass is 9.69. The van der Waals surface area contributed by atoms with E-state index in [0.717, 1.165) is 6.42 Å². The Balaban J connectivity index is 2.23. The Bertz CT molecular complexity index is 544. The molecule has 1 N–H and O–H groups in total. The van der Waals surface area contributed by atoms with Gasteiger partial charge in [-0.3, -0.25) is 14.9 Å². The van der Waals surface area contributed by atoms with E-state index in [4.69, 9.17) is 5.26 Å². The summed E-state index contributed by atoms with van der Waals surface area (Å²) in [6, 6.07) is 7.90. The standard InChI is InChI=1S/C12H11N3O3/c13-8-12(6-3-7-12)11(16)14-9-4-1-2-5-10(9)15(17)18/h1-2,4-5H,3,6-7H2,(H,14,16). The van der Waals surface area contributed by atoms with Crippen LogP contribution in [-0.2, 0) is 4.79 Å². The SMILES string of the molecule is N#CC1(C(=O)Nc2ccccc2[N+](=O)[O-])CCC1. The largest absolute Gasteiger partial charge is 0.319 e. The van der Waals surface area contributed by atoms with Crippen molar-refractivity contribution in [3.63, 3.8) is 0 Å². The molecule has 0 bridgehead atoms. The first-order valence-corrected chi connectivity index (χ1v) is 5.55. The van der Waals surface area contributed by atoms with E-state index >= 15 is 0 Å². The molecule has 0 unspecified atom stereocenters. The fraction of sp³-hybridized carbons (Fsp3) is 0.333. The number of amides is 1. The molecule has 1 aliphatic carbocycles. The van der Waals surface area contributed by atoms with Crippen molar-refractivity contribution in [3.8, 4) is 6.07 Å². The third kappa shape index (κ3) is 1.91. The number of para-hydroxylation sites is 2. The van der Waals surface area contributed by atoms with Gasteiger partial charge in [-0.25, -0.2) is 0 Å². The second kappa shape index (κ2) is 4.45. The van der Waals surface area contributed by atoms with Gasteiger partial charge in [0.15, 0.2) is 0 Å². The molecular weight excluding hydrogens is 234 g/mol. The van der Waals surface area contributed by atoms with Crippen molar-refractivity contribution in [2.24, 2.45) is 5.41 Å². The van der Waals surface area contributed by atoms with Crippen LogP contribution in [0.3, 0.4) is 0 Å². The van der Waals surface area contributed by atoms with Gasteiger partial charge in [-0.05, 0) is 25.3 Å². The average Bonchev–Trinajstić information content (AvgIpc) is 2.28. The summed E-state index contributed by atoms with van der Waals surface area (Å²) in [6.45, 7) is 0. The minimum Gasteiger partial charge on any atom is -0.319 e. The Morgan fingerprint density at radius 1 is 1.44 bits per heavy atom. The van der Waals surface area contributed by atoms with Gasteiger partial charge in [0.1, 0.15) is 11.1 Å². The summed E-state index contributed by atoms with van der Waals surface area (Å²) in [5.74, 6) is -0.453. The number of carbonyl (C=O) groups is 1. The summed E-state index contributed by atoms with van der Waals surface area (Å²) < 4.78 is 0. The topological polar surface area (TPSA) is 96.0 Å². The first-order chi connectivity index (χ1) is 8.59. The van der Waals surface area contributed by atoms with Gasteiger partial charge in [-0.2, -0.15) is 5.26 Å². The lowest BCUT2D eigenvalue weighted by molar-refractivity contribution is -0.383. The lowest BCUT2D eigenvalue weighted by Crippen LogP contribution is -2.40. The Hall–Kier alpha value is -2.42. The minimum absolute atomic E-state index is 0.133. The van der Waals surface area contributed by atoms with E-state index in [2.05, 4.69) is 5.32 Å². The highest BCUT2D eigenvalue weighted by Crippen LogP contribution is 2.41. The van der Waals surface area contributed by atoms with E-state index in [0.29, 0.717) is 12.8 Å². The number of nitriles is 1. The van der Waals surface area contributed by atoms with Crippen LogP contribution < -0.4 is 5.32 Å². The van der Waals surface area contributed by atoms with Gasteiger partial charge in [-0.15, -0.1) is 0 Å². The van der Waals surface area contributed by atoms with E-state index in [9.17, 15) is 14.9 Å². The maximum absolute atomic E-state index is 12.0. The van der Waals surface area contributed by atoms with Crippen molar-refractivity contribution in [3.05, 3.63) is 34.4 Å². The average molecular weight is 245 g/mol. The van der Waals surface area contributed by atoms with Crippen LogP contribution in [0.15, 0.2) is 24.3 Å². The molecule has 0 spiro atoms. The van der Waals surface area contributed by atoms with E-state index in [1.54, 1.807) is 6.07 Å². The molecule has 1 aromatic carbocycles. The summed E-state index contributed by atoms with van der Waals surface area (Å²) in [5, 5.41) is 22.3. The van der Waals surface area contributed by atoms with Crippen LogP contribution in [0.1, 0.15) is 19.3 Å². The predicted molar refractivity (Wildman–Crippen MR) is 63.6 cm³/mol. The summed E-state index contributed by atoms with van der Waals surface area (Å²) >= 11 is 0. The van der Waals surface area contributed by atoms with Crippen LogP contribution in [0.25, 0.3) is 0 Å². The summed E-state index contributed by atoms with van der Waals surface area (Å²) in [4.78, 5) is 22.2. The Labute approximate surface area is 103 Å². The van der Waals surface area contributed by atoms with E-state index < -0.39 is 16.2 Å². The van der Waals surface area contributed by atoms with Crippen LogP contribution in [0, 0.1) is 26.9 Å². The van der Waals surface area contributed by atoms with Crippen molar-refractivity contribution < 1.29 is 9.72 Å². The molecule has 1 aromatic rings. The van der Waals surface area contributed by atoms with Gasteiger partial charge >= 0.3 is 0 Å². The molecule has 1 saturated carbocycles. The van der Waals surface area contributed by atoms with Gasteiger partial charge in [0, 0.05) is 6.07 Å². The second-order valence-corrected chi connectivity index (χ2v) is 4.28. The van der Waals surface area contributed by atoms with E-state index in [1.165, 1.54) is 18.2 Å². The molecule has 0 aromatic heterocycles. The van der Waals surface area contributed by atoms with Gasteiger partial charge in [-0.1, -0.05) is 12.1 Å². The fourth-order valence-corrected chi connectivity index (χ4v) is 1.90. The van der Waals surface area contributed by atoms with Crippen LogP contribution >= 0.6 is 0 Å². The normalized spacial score (nSPS) is 16.2. The molecule has 1 fully saturated rings. The zero-order valence-corrected chi connectivity index (χ0v) is 9.55. The highest BCUT2D eigenvalue weighted by atomic mass is 16.6. The number of nitrogens with zero attached hydrogens (tertiary/aromatic N) is 2. The molecule has 0 aliphatic heterocycles. The molecule has 0 radical (unpaired) electrons. The van der Waals surface area contributed by atoms with Crippen LogP contribution in [-0.4, -0.2) is 10.8 Å². The molecule has 2 rings (SSSR count). The Morgan fingerprint density at radius 2 is 2.11 bits per heavy atom. The first kappa shape index (κ1) is 12.0. The number of anilines is 1. The van der Waals surface area contributed by atoms with E-state index in [1.807, 2.05) is 6.07 Å². The highest BCUT2D eigenvalue weighted by Gasteiger charge is 2.45. The predicted octanol–water partition coefficient (Wildman–Crippen LogP) is 2.23. The van der Waals surface area contributed by atoms with Crippen LogP contribution in [0.4, 0.5) is 11.4 Å². The van der Waals surface area contributed by atoms with Crippen LogP contribution in [0.2, 0.25) is 0 Å². The summed E-state index contributed by atoms with van der Waals surface area (Å²) in [7, 11) is 0. The molecular formula is C12H11N3O3. The van der Waals surface area contributed by atoms with Crippen molar-refractivity contribution in [1.82, 2.24) is 0 Å². The molecule has 92 valence electrons. The number of hydrogen-bond donors (Lipinski definition) is 1. The molecule has 0 atom stereocenters. The van der Waals surface area contributed by atoms with Crippen molar-refractivity contribution in [2.75, 3.05) is 5.32 Å².